The van der Waals surface area contributed by atoms with E-state index < -0.39 is 0 Å². The van der Waals surface area contributed by atoms with Crippen molar-refractivity contribution in [2.75, 3.05) is 7.05 Å². The van der Waals surface area contributed by atoms with Crippen molar-refractivity contribution in [3.05, 3.63) is 34.4 Å². The number of carbonyl (C=O) groups is 2. The first kappa shape index (κ1) is 16.1. The number of hydrogen-bond acceptors (Lipinski definition) is 2. The van der Waals surface area contributed by atoms with Gasteiger partial charge in [0.25, 0.3) is 5.91 Å². The highest BCUT2D eigenvalue weighted by Crippen LogP contribution is 2.26. The number of halogens is 1. The summed E-state index contributed by atoms with van der Waals surface area (Å²) in [5.74, 6) is 0.117. The third kappa shape index (κ3) is 3.42. The Kier molecular flexibility index (Phi) is 4.71. The number of hydrogen-bond donors (Lipinski definition) is 3. The first-order chi connectivity index (χ1) is 11.1. The molecule has 1 aliphatic rings. The van der Waals surface area contributed by atoms with E-state index in [-0.39, 0.29) is 23.8 Å². The lowest BCUT2D eigenvalue weighted by atomic mass is 9.85. The van der Waals surface area contributed by atoms with Crippen molar-refractivity contribution in [3.8, 4) is 0 Å². The minimum atomic E-state index is -0.0675. The third-order valence-electron chi connectivity index (χ3n) is 4.55. The molecule has 0 atom stereocenters. The lowest BCUT2D eigenvalue weighted by molar-refractivity contribution is -0.125. The molecule has 1 aromatic carbocycles. The van der Waals surface area contributed by atoms with Gasteiger partial charge >= 0.3 is 0 Å². The van der Waals surface area contributed by atoms with Crippen LogP contribution in [-0.2, 0) is 4.79 Å². The van der Waals surface area contributed by atoms with Crippen LogP contribution < -0.4 is 10.6 Å². The lowest BCUT2D eigenvalue weighted by Crippen LogP contribution is -2.40. The molecule has 5 nitrogen and oxygen atoms in total. The van der Waals surface area contributed by atoms with Crippen LogP contribution in [0.15, 0.2) is 28.9 Å². The van der Waals surface area contributed by atoms with Crippen LogP contribution in [0.25, 0.3) is 10.9 Å². The first-order valence-corrected chi connectivity index (χ1v) is 8.67. The molecule has 1 aromatic heterocycles. The maximum absolute atomic E-state index is 12.6. The van der Waals surface area contributed by atoms with Gasteiger partial charge in [-0.1, -0.05) is 15.9 Å². The topological polar surface area (TPSA) is 74.0 Å². The van der Waals surface area contributed by atoms with Crippen LogP contribution >= 0.6 is 15.9 Å². The van der Waals surface area contributed by atoms with Crippen molar-refractivity contribution in [2.24, 2.45) is 5.92 Å². The van der Waals surface area contributed by atoms with E-state index in [0.717, 1.165) is 41.1 Å². The molecule has 1 heterocycles. The summed E-state index contributed by atoms with van der Waals surface area (Å²) in [6.45, 7) is 0. The van der Waals surface area contributed by atoms with Crippen molar-refractivity contribution in [2.45, 2.75) is 31.7 Å². The summed E-state index contributed by atoms with van der Waals surface area (Å²) in [6.07, 6.45) is 5.15. The van der Waals surface area contributed by atoms with Crippen molar-refractivity contribution >= 4 is 38.6 Å². The van der Waals surface area contributed by atoms with Gasteiger partial charge in [0.2, 0.25) is 5.91 Å². The molecule has 122 valence electrons. The molecule has 2 aromatic rings. The molecule has 3 rings (SSSR count). The van der Waals surface area contributed by atoms with E-state index in [1.165, 1.54) is 0 Å². The quantitative estimate of drug-likeness (QED) is 0.768. The van der Waals surface area contributed by atoms with Gasteiger partial charge in [0.05, 0.1) is 11.1 Å². The molecule has 1 aliphatic carbocycles. The molecule has 1 fully saturated rings. The predicted octanol–water partition coefficient (Wildman–Crippen LogP) is 2.97. The Hall–Kier alpha value is -1.82. The standard InChI is InChI=1S/C17H20BrN3O2/c1-19-16(22)10-2-4-13(5-3-10)21-17(23)14-9-12(18)8-11-6-7-20-15(11)14/h6-10,13,20H,2-5H2,1H3,(H,19,22)(H,21,23)/t10-,13-. The van der Waals surface area contributed by atoms with Crippen molar-refractivity contribution in [1.29, 1.82) is 0 Å². The number of amides is 2. The van der Waals surface area contributed by atoms with Crippen molar-refractivity contribution < 1.29 is 9.59 Å². The number of fused-ring (bicyclic) bond motifs is 1. The minimum absolute atomic E-state index is 0.0675. The van der Waals surface area contributed by atoms with E-state index in [1.54, 1.807) is 7.05 Å². The maximum Gasteiger partial charge on any atom is 0.253 e. The maximum atomic E-state index is 12.6. The summed E-state index contributed by atoms with van der Waals surface area (Å²) < 4.78 is 0.887. The summed E-state index contributed by atoms with van der Waals surface area (Å²) in [4.78, 5) is 27.4. The van der Waals surface area contributed by atoms with Crippen LogP contribution in [0.2, 0.25) is 0 Å². The number of nitrogens with one attached hydrogen (secondary N) is 3. The van der Waals surface area contributed by atoms with Crippen LogP contribution in [-0.4, -0.2) is 29.9 Å². The predicted molar refractivity (Wildman–Crippen MR) is 93.3 cm³/mol. The number of rotatable bonds is 3. The molecule has 1 saturated carbocycles. The van der Waals surface area contributed by atoms with Crippen LogP contribution in [0.5, 0.6) is 0 Å². The van der Waals surface area contributed by atoms with E-state index in [0.29, 0.717) is 5.56 Å². The summed E-state index contributed by atoms with van der Waals surface area (Å²) in [7, 11) is 1.67. The Balaban J connectivity index is 1.68. The number of aromatic nitrogens is 1. The Labute approximate surface area is 143 Å². The van der Waals surface area contributed by atoms with Gasteiger partial charge in [-0.15, -0.1) is 0 Å². The summed E-state index contributed by atoms with van der Waals surface area (Å²) >= 11 is 3.45. The molecule has 0 bridgehead atoms. The second kappa shape index (κ2) is 6.74. The molecule has 6 heteroatoms. The smallest absolute Gasteiger partial charge is 0.253 e. The highest BCUT2D eigenvalue weighted by atomic mass is 79.9. The first-order valence-electron chi connectivity index (χ1n) is 7.87. The second-order valence-corrected chi connectivity index (χ2v) is 6.95. The van der Waals surface area contributed by atoms with Gasteiger partial charge in [-0.25, -0.2) is 0 Å². The molecule has 0 aliphatic heterocycles. The zero-order chi connectivity index (χ0) is 16.4. The Bertz CT molecular complexity index is 733. The van der Waals surface area contributed by atoms with Gasteiger partial charge < -0.3 is 15.6 Å². The Morgan fingerprint density at radius 1 is 1.22 bits per heavy atom. The van der Waals surface area contributed by atoms with Crippen LogP contribution in [0.3, 0.4) is 0 Å². The molecular weight excluding hydrogens is 358 g/mol. The number of carbonyl (C=O) groups excluding carboxylic acids is 2. The van der Waals surface area contributed by atoms with Crippen molar-refractivity contribution in [3.63, 3.8) is 0 Å². The largest absolute Gasteiger partial charge is 0.361 e. The number of H-pyrrole nitrogens is 1. The highest BCUT2D eigenvalue weighted by molar-refractivity contribution is 9.10. The van der Waals surface area contributed by atoms with E-state index >= 15 is 0 Å². The van der Waals surface area contributed by atoms with Gasteiger partial charge in [-0.3, -0.25) is 9.59 Å². The van der Waals surface area contributed by atoms with Crippen LogP contribution in [0.1, 0.15) is 36.0 Å². The molecule has 0 saturated heterocycles. The molecule has 0 radical (unpaired) electrons. The Morgan fingerprint density at radius 3 is 2.65 bits per heavy atom. The molecule has 0 spiro atoms. The molecular formula is C17H20BrN3O2. The fourth-order valence-corrected chi connectivity index (χ4v) is 3.76. The van der Waals surface area contributed by atoms with Gasteiger partial charge in [0, 0.05) is 35.1 Å². The average molecular weight is 378 g/mol. The van der Waals surface area contributed by atoms with Gasteiger partial charge in [0.15, 0.2) is 0 Å². The fourth-order valence-electron chi connectivity index (χ4n) is 3.28. The summed E-state index contributed by atoms with van der Waals surface area (Å²) in [5, 5.41) is 6.82. The van der Waals surface area contributed by atoms with E-state index in [1.807, 2.05) is 24.4 Å². The fraction of sp³-hybridized carbons (Fsp3) is 0.412. The second-order valence-electron chi connectivity index (χ2n) is 6.03. The van der Waals surface area contributed by atoms with Crippen LogP contribution in [0.4, 0.5) is 0 Å². The van der Waals surface area contributed by atoms with Crippen molar-refractivity contribution in [1.82, 2.24) is 15.6 Å². The van der Waals surface area contributed by atoms with Gasteiger partial charge in [-0.2, -0.15) is 0 Å². The summed E-state index contributed by atoms with van der Waals surface area (Å²) in [6, 6.07) is 5.90. The van der Waals surface area contributed by atoms with Crippen LogP contribution in [0, 0.1) is 5.92 Å². The summed E-state index contributed by atoms with van der Waals surface area (Å²) in [5.41, 5.74) is 1.50. The molecule has 2 amide bonds. The number of benzene rings is 1. The zero-order valence-corrected chi connectivity index (χ0v) is 14.6. The molecule has 23 heavy (non-hydrogen) atoms. The highest BCUT2D eigenvalue weighted by Gasteiger charge is 2.27. The monoisotopic (exact) mass is 377 g/mol. The van der Waals surface area contributed by atoms with E-state index in [2.05, 4.69) is 31.5 Å². The molecule has 0 unspecified atom stereocenters. The van der Waals surface area contributed by atoms with Gasteiger partial charge in [-0.05, 0) is 43.9 Å². The average Bonchev–Trinajstić information content (AvgIpc) is 3.02. The van der Waals surface area contributed by atoms with E-state index in [9.17, 15) is 9.59 Å². The zero-order valence-electron chi connectivity index (χ0n) is 13.0. The molecule has 3 N–H and O–H groups in total. The number of aromatic amines is 1. The SMILES string of the molecule is CNC(=O)[C@H]1CC[C@H](NC(=O)c2cc(Br)cc3cc[nH]c23)CC1. The van der Waals surface area contributed by atoms with Gasteiger partial charge in [0.1, 0.15) is 0 Å². The minimum Gasteiger partial charge on any atom is -0.361 e. The Morgan fingerprint density at radius 2 is 1.96 bits per heavy atom. The lowest BCUT2D eigenvalue weighted by Gasteiger charge is -2.28. The normalized spacial score (nSPS) is 21.1. The van der Waals surface area contributed by atoms with E-state index in [4.69, 9.17) is 0 Å². The third-order valence-corrected chi connectivity index (χ3v) is 5.01.